The first kappa shape index (κ1) is 50.1. The summed E-state index contributed by atoms with van der Waals surface area (Å²) in [4.78, 5) is 119. The normalized spacial score (nSPS) is 20.6. The first-order valence-corrected chi connectivity index (χ1v) is 21.9. The van der Waals surface area contributed by atoms with Gasteiger partial charge in [0.2, 0.25) is 23.6 Å². The number of halogens is 1. The number of aromatic carboxylic acids is 1. The third-order valence-corrected chi connectivity index (χ3v) is 12.7. The van der Waals surface area contributed by atoms with Gasteiger partial charge in [0.25, 0.3) is 5.69 Å². The molecule has 2 saturated carbocycles. The van der Waals surface area contributed by atoms with E-state index in [0.717, 1.165) is 87.7 Å². The largest absolute Gasteiger partial charge is 0.478 e. The molecule has 0 spiro atoms. The number of methoxy groups -OCH3 is 1. The third-order valence-electron chi connectivity index (χ3n) is 12.7. The number of carbonyl (C=O) groups is 8. The number of nitro benzene ring substituents is 1. The summed E-state index contributed by atoms with van der Waals surface area (Å²) in [7, 11) is 1.16. The van der Waals surface area contributed by atoms with Crippen molar-refractivity contribution in [1.29, 1.82) is 0 Å². The number of nitrogens with zero attached hydrogens (tertiary/aromatic N) is 2. The van der Waals surface area contributed by atoms with Gasteiger partial charge in [0.15, 0.2) is 11.6 Å². The van der Waals surface area contributed by atoms with Crippen LogP contribution >= 0.6 is 0 Å². The Kier molecular flexibility index (Phi) is 18.0. The van der Waals surface area contributed by atoms with Crippen LogP contribution < -0.4 is 16.4 Å². The molecular formula is C45H62FN5O12. The van der Waals surface area contributed by atoms with E-state index >= 15 is 4.39 Å². The fraction of sp³-hybridized carbons (Fsp3) is 0.644. The van der Waals surface area contributed by atoms with Crippen molar-refractivity contribution in [3.8, 4) is 0 Å². The predicted molar refractivity (Wildman–Crippen MR) is 227 cm³/mol. The van der Waals surface area contributed by atoms with Gasteiger partial charge in [0.1, 0.15) is 18.3 Å². The van der Waals surface area contributed by atoms with Crippen molar-refractivity contribution < 1.29 is 57.5 Å². The highest BCUT2D eigenvalue weighted by atomic mass is 19.1. The molecule has 2 aliphatic carbocycles. The molecule has 346 valence electrons. The number of hydrogen-bond acceptors (Lipinski definition) is 11. The first-order valence-electron chi connectivity index (χ1n) is 21.9. The van der Waals surface area contributed by atoms with E-state index in [1.807, 2.05) is 0 Å². The second kappa shape index (κ2) is 22.7. The molecule has 0 bridgehead atoms. The minimum absolute atomic E-state index is 0.0367. The van der Waals surface area contributed by atoms with Gasteiger partial charge in [-0.25, -0.2) is 14.0 Å². The Morgan fingerprint density at radius 1 is 0.952 bits per heavy atom. The Balaban J connectivity index is 1.60. The average Bonchev–Trinajstić information content (AvgIpc) is 3.65. The van der Waals surface area contributed by atoms with E-state index in [9.17, 15) is 53.6 Å². The number of esters is 1. The Labute approximate surface area is 366 Å². The number of ether oxygens (including phenoxy) is 1. The van der Waals surface area contributed by atoms with Crippen LogP contribution in [0.1, 0.15) is 138 Å². The van der Waals surface area contributed by atoms with Gasteiger partial charge in [-0.15, -0.1) is 0 Å². The minimum atomic E-state index is -1.62. The van der Waals surface area contributed by atoms with Gasteiger partial charge in [-0.1, -0.05) is 65.4 Å². The average molecular weight is 884 g/mol. The van der Waals surface area contributed by atoms with E-state index < -0.39 is 118 Å². The monoisotopic (exact) mass is 883 g/mol. The highest BCUT2D eigenvalue weighted by molar-refractivity contribution is 6.07. The maximum Gasteiger partial charge on any atom is 0.336 e. The summed E-state index contributed by atoms with van der Waals surface area (Å²) in [5.41, 5.74) is 3.18. The second-order valence-corrected chi connectivity index (χ2v) is 18.2. The molecule has 1 aliphatic heterocycles. The Morgan fingerprint density at radius 3 is 2.13 bits per heavy atom. The number of nitro groups is 1. The first-order chi connectivity index (χ1) is 29.7. The SMILES string of the molecule is COC(=O)/C=C/CC[C@H](CC(=O)c1cc([N+](=O)[O-])ccc1C(=O)O)C(=O)N[C@H](C(=O)N1C[C@H](F)C[C@H]1C(=O)N[C@H](C(=O)C[C@H](C(N)=O)C1CCCCC1)C1CCCCC1)C(C)(C)C. The molecule has 4 rings (SSSR count). The summed E-state index contributed by atoms with van der Waals surface area (Å²) in [6.45, 7) is 4.41. The summed E-state index contributed by atoms with van der Waals surface area (Å²) in [6.07, 6.45) is 8.01. The molecule has 1 aromatic carbocycles. The number of allylic oxidation sites excluding steroid dienone is 1. The quantitative estimate of drug-likeness (QED) is 0.0435. The number of Topliss-reactive ketones (excluding diaryl/α,β-unsaturated/α-hetero) is 2. The van der Waals surface area contributed by atoms with Crippen molar-refractivity contribution in [3.05, 3.63) is 51.6 Å². The molecule has 17 nitrogen and oxygen atoms in total. The van der Waals surface area contributed by atoms with Crippen LogP contribution in [0.15, 0.2) is 30.4 Å². The van der Waals surface area contributed by atoms with Gasteiger partial charge in [-0.05, 0) is 61.8 Å². The van der Waals surface area contributed by atoms with Crippen LogP contribution in [-0.2, 0) is 33.5 Å². The maximum absolute atomic E-state index is 15.4. The van der Waals surface area contributed by atoms with Gasteiger partial charge in [-0.2, -0.15) is 0 Å². The summed E-state index contributed by atoms with van der Waals surface area (Å²) >= 11 is 0. The van der Waals surface area contributed by atoms with Crippen LogP contribution in [0.5, 0.6) is 0 Å². The number of carbonyl (C=O) groups excluding carboxylic acids is 7. The number of primary amides is 1. The fourth-order valence-corrected chi connectivity index (χ4v) is 9.18. The zero-order valence-corrected chi connectivity index (χ0v) is 36.6. The molecular weight excluding hydrogens is 822 g/mol. The number of hydrogen-bond donors (Lipinski definition) is 4. The zero-order chi connectivity index (χ0) is 46.6. The summed E-state index contributed by atoms with van der Waals surface area (Å²) in [5, 5.41) is 26.8. The van der Waals surface area contributed by atoms with Crippen LogP contribution in [0.4, 0.5) is 10.1 Å². The summed E-state index contributed by atoms with van der Waals surface area (Å²) in [6, 6.07) is -1.09. The number of rotatable bonds is 20. The van der Waals surface area contributed by atoms with E-state index in [1.165, 1.54) is 6.08 Å². The highest BCUT2D eigenvalue weighted by Crippen LogP contribution is 2.35. The maximum atomic E-state index is 15.4. The number of alkyl halides is 1. The molecule has 0 radical (unpaired) electrons. The molecule has 6 atom stereocenters. The van der Waals surface area contributed by atoms with Gasteiger partial charge >= 0.3 is 11.9 Å². The molecule has 1 aromatic rings. The Morgan fingerprint density at radius 2 is 1.57 bits per heavy atom. The highest BCUT2D eigenvalue weighted by Gasteiger charge is 2.47. The molecule has 3 aliphatic rings. The molecule has 0 unspecified atom stereocenters. The number of carboxylic acid groups (broad SMARTS) is 1. The fourth-order valence-electron chi connectivity index (χ4n) is 9.18. The Hall–Kier alpha value is -5.55. The van der Waals surface area contributed by atoms with Gasteiger partial charge in [0.05, 0.1) is 30.2 Å². The molecule has 5 N–H and O–H groups in total. The molecule has 1 saturated heterocycles. The van der Waals surface area contributed by atoms with Crippen molar-refractivity contribution in [2.45, 2.75) is 141 Å². The van der Waals surface area contributed by atoms with Crippen molar-refractivity contribution in [2.24, 2.45) is 34.8 Å². The standard InChI is InChI=1S/C45H62FN5O12/c1-45(2,3)39(49-41(56)28(17-11-12-18-37(54)63-4)21-35(52)33-23-30(51(61)62)19-20-31(33)44(59)60)43(58)50-25-29(46)22-34(50)42(57)48-38(27-15-9-6-10-16-27)36(53)24-32(40(47)55)26-13-7-5-8-14-26/h12,18-20,23,26-29,32,34,38-39H,5-11,13-17,21-22,24-25H2,1-4H3,(H2,47,55)(H,48,57)(H,49,56)(H,59,60)/b18-12+/t28-,29-,32+,34+,38+,39-/m1/s1. The number of nitrogens with two attached hydrogens (primary N) is 1. The van der Waals surface area contributed by atoms with Crippen molar-refractivity contribution in [1.82, 2.24) is 15.5 Å². The molecule has 63 heavy (non-hydrogen) atoms. The molecule has 3 fully saturated rings. The zero-order valence-electron chi connectivity index (χ0n) is 36.6. The van der Waals surface area contributed by atoms with Crippen molar-refractivity contribution in [2.75, 3.05) is 13.7 Å². The number of ketones is 2. The van der Waals surface area contributed by atoms with E-state index in [1.54, 1.807) is 20.8 Å². The van der Waals surface area contributed by atoms with Crippen LogP contribution in [0.2, 0.25) is 0 Å². The molecule has 0 aromatic heterocycles. The van der Waals surface area contributed by atoms with E-state index in [4.69, 9.17) is 5.73 Å². The minimum Gasteiger partial charge on any atom is -0.478 e. The van der Waals surface area contributed by atoms with Gasteiger partial charge < -0.3 is 31.1 Å². The van der Waals surface area contributed by atoms with Crippen molar-refractivity contribution >= 4 is 52.8 Å². The van der Waals surface area contributed by atoms with Crippen LogP contribution in [0.3, 0.4) is 0 Å². The molecule has 18 heteroatoms. The summed E-state index contributed by atoms with van der Waals surface area (Å²) < 4.78 is 20.0. The molecule has 4 amide bonds. The van der Waals surface area contributed by atoms with Crippen LogP contribution in [-0.4, -0.2) is 100 Å². The van der Waals surface area contributed by atoms with Gasteiger partial charge in [-0.3, -0.25) is 38.9 Å². The Bertz CT molecular complexity index is 1920. The van der Waals surface area contributed by atoms with Gasteiger partial charge in [0, 0.05) is 54.9 Å². The predicted octanol–water partition coefficient (Wildman–Crippen LogP) is 5.17. The topological polar surface area (TPSA) is 262 Å². The second-order valence-electron chi connectivity index (χ2n) is 18.2. The van der Waals surface area contributed by atoms with E-state index in [0.29, 0.717) is 12.8 Å². The van der Waals surface area contributed by atoms with Crippen LogP contribution in [0.25, 0.3) is 0 Å². The number of likely N-dealkylation sites (tertiary alicyclic amines) is 1. The third kappa shape index (κ3) is 13.7. The summed E-state index contributed by atoms with van der Waals surface area (Å²) in [5.74, 6) is -8.66. The number of non-ortho nitro benzene ring substituents is 1. The number of benzene rings is 1. The smallest absolute Gasteiger partial charge is 0.336 e. The number of carboxylic acids is 1. The lowest BCUT2D eigenvalue weighted by molar-refractivity contribution is -0.384. The number of amides is 4. The lowest BCUT2D eigenvalue weighted by Crippen LogP contribution is -2.59. The lowest BCUT2D eigenvalue weighted by Gasteiger charge is -2.37. The van der Waals surface area contributed by atoms with Crippen LogP contribution in [0, 0.1) is 39.2 Å². The number of nitrogens with one attached hydrogen (secondary N) is 2. The van der Waals surface area contributed by atoms with Crippen molar-refractivity contribution in [3.63, 3.8) is 0 Å². The van der Waals surface area contributed by atoms with E-state index in [-0.39, 0.29) is 43.3 Å². The lowest BCUT2D eigenvalue weighted by atomic mass is 9.75. The van der Waals surface area contributed by atoms with E-state index in [2.05, 4.69) is 15.4 Å². The molecule has 1 heterocycles.